The highest BCUT2D eigenvalue weighted by Crippen LogP contribution is 2.25. The van der Waals surface area contributed by atoms with Crippen LogP contribution in [0.25, 0.3) is 0 Å². The van der Waals surface area contributed by atoms with Gasteiger partial charge in [-0.3, -0.25) is 0 Å². The fraction of sp³-hybridized carbons (Fsp3) is 0.294. The van der Waals surface area contributed by atoms with Gasteiger partial charge in [-0.1, -0.05) is 42.5 Å². The molecule has 0 bridgehead atoms. The molecule has 100 valence electrons. The van der Waals surface area contributed by atoms with Crippen LogP contribution in [0.15, 0.2) is 42.5 Å². The maximum atomic E-state index is 6.03. The molecule has 2 heteroatoms. The topological polar surface area (TPSA) is 35.2 Å². The predicted molar refractivity (Wildman–Crippen MR) is 79.4 cm³/mol. The lowest BCUT2D eigenvalue weighted by Gasteiger charge is -2.14. The summed E-state index contributed by atoms with van der Waals surface area (Å²) >= 11 is 0. The van der Waals surface area contributed by atoms with Crippen molar-refractivity contribution in [1.82, 2.24) is 0 Å². The third-order valence-corrected chi connectivity index (χ3v) is 3.34. The van der Waals surface area contributed by atoms with Crippen LogP contribution in [-0.4, -0.2) is 6.54 Å². The van der Waals surface area contributed by atoms with Gasteiger partial charge < -0.3 is 10.5 Å². The van der Waals surface area contributed by atoms with Crippen molar-refractivity contribution in [3.63, 3.8) is 0 Å². The molecule has 0 unspecified atom stereocenters. The van der Waals surface area contributed by atoms with E-state index in [2.05, 4.69) is 44.2 Å². The number of rotatable bonds is 5. The first-order valence-corrected chi connectivity index (χ1v) is 6.68. The first-order valence-electron chi connectivity index (χ1n) is 6.68. The molecular weight excluding hydrogens is 234 g/mol. The fourth-order valence-corrected chi connectivity index (χ4v) is 2.19. The Kier molecular flexibility index (Phi) is 4.58. The Morgan fingerprint density at radius 3 is 2.32 bits per heavy atom. The highest BCUT2D eigenvalue weighted by molar-refractivity contribution is 5.41. The van der Waals surface area contributed by atoms with Crippen LogP contribution in [-0.2, 0) is 13.0 Å². The van der Waals surface area contributed by atoms with Gasteiger partial charge in [0.05, 0.1) is 0 Å². The van der Waals surface area contributed by atoms with E-state index < -0.39 is 0 Å². The van der Waals surface area contributed by atoms with Crippen LogP contribution in [0.4, 0.5) is 0 Å². The van der Waals surface area contributed by atoms with Crippen LogP contribution < -0.4 is 10.5 Å². The number of hydrogen-bond acceptors (Lipinski definition) is 2. The summed E-state index contributed by atoms with van der Waals surface area (Å²) < 4.78 is 6.03. The average molecular weight is 255 g/mol. The van der Waals surface area contributed by atoms with E-state index in [9.17, 15) is 0 Å². The van der Waals surface area contributed by atoms with Gasteiger partial charge in [0.25, 0.3) is 0 Å². The number of para-hydroxylation sites is 1. The number of ether oxygens (including phenoxy) is 1. The van der Waals surface area contributed by atoms with Crippen LogP contribution >= 0.6 is 0 Å². The highest BCUT2D eigenvalue weighted by Gasteiger charge is 2.07. The van der Waals surface area contributed by atoms with Crippen molar-refractivity contribution in [2.75, 3.05) is 6.54 Å². The van der Waals surface area contributed by atoms with Crippen molar-refractivity contribution < 1.29 is 4.74 Å². The Labute approximate surface area is 115 Å². The van der Waals surface area contributed by atoms with Gasteiger partial charge in [-0.05, 0) is 49.1 Å². The first-order chi connectivity index (χ1) is 9.22. The van der Waals surface area contributed by atoms with E-state index in [4.69, 9.17) is 10.5 Å². The molecule has 19 heavy (non-hydrogen) atoms. The lowest BCUT2D eigenvalue weighted by molar-refractivity contribution is 0.300. The Morgan fingerprint density at radius 2 is 1.58 bits per heavy atom. The summed E-state index contributed by atoms with van der Waals surface area (Å²) in [6.45, 7) is 5.43. The number of aryl methyl sites for hydroxylation is 2. The second-order valence-electron chi connectivity index (χ2n) is 4.82. The van der Waals surface area contributed by atoms with Gasteiger partial charge in [0.1, 0.15) is 12.4 Å². The van der Waals surface area contributed by atoms with E-state index in [1.54, 1.807) is 0 Å². The summed E-state index contributed by atoms with van der Waals surface area (Å²) in [5.74, 6) is 0.983. The third kappa shape index (κ3) is 3.36. The van der Waals surface area contributed by atoms with E-state index >= 15 is 0 Å². The zero-order valence-electron chi connectivity index (χ0n) is 11.6. The second-order valence-corrected chi connectivity index (χ2v) is 4.82. The summed E-state index contributed by atoms with van der Waals surface area (Å²) in [7, 11) is 0. The second kappa shape index (κ2) is 6.39. The molecule has 0 heterocycles. The number of nitrogens with two attached hydrogens (primary N) is 1. The van der Waals surface area contributed by atoms with Crippen LogP contribution in [0, 0.1) is 13.8 Å². The van der Waals surface area contributed by atoms with Gasteiger partial charge in [0.2, 0.25) is 0 Å². The molecule has 0 saturated carbocycles. The van der Waals surface area contributed by atoms with Crippen molar-refractivity contribution in [1.29, 1.82) is 0 Å². The fourth-order valence-electron chi connectivity index (χ4n) is 2.19. The van der Waals surface area contributed by atoms with Crippen molar-refractivity contribution in [2.24, 2.45) is 5.73 Å². The van der Waals surface area contributed by atoms with Crippen molar-refractivity contribution >= 4 is 0 Å². The molecule has 0 spiro atoms. The molecular formula is C17H21NO. The summed E-state index contributed by atoms with van der Waals surface area (Å²) in [5, 5.41) is 0. The summed E-state index contributed by atoms with van der Waals surface area (Å²) in [6, 6.07) is 14.5. The lowest BCUT2D eigenvalue weighted by atomic mass is 10.1. The highest BCUT2D eigenvalue weighted by atomic mass is 16.5. The molecule has 2 aromatic carbocycles. The molecule has 0 amide bonds. The van der Waals surface area contributed by atoms with Crippen molar-refractivity contribution in [3.8, 4) is 5.75 Å². The average Bonchev–Trinajstić information content (AvgIpc) is 2.40. The minimum atomic E-state index is 0.606. The molecule has 0 radical (unpaired) electrons. The Bertz CT molecular complexity index is 549. The maximum absolute atomic E-state index is 6.03. The standard InChI is InChI=1S/C17H21NO/c1-13-6-3-4-8-16(13)12-19-17-14(2)7-5-9-15(17)10-11-18/h3-9H,10-12,18H2,1-2H3. The predicted octanol–water partition coefficient (Wildman–Crippen LogP) is 3.38. The van der Waals surface area contributed by atoms with Gasteiger partial charge in [0, 0.05) is 0 Å². The molecule has 0 aliphatic heterocycles. The largest absolute Gasteiger partial charge is 0.488 e. The molecule has 0 saturated heterocycles. The third-order valence-electron chi connectivity index (χ3n) is 3.34. The van der Waals surface area contributed by atoms with Gasteiger partial charge in [-0.2, -0.15) is 0 Å². The molecule has 2 nitrogen and oxygen atoms in total. The van der Waals surface area contributed by atoms with E-state index in [1.807, 2.05) is 12.1 Å². The zero-order chi connectivity index (χ0) is 13.7. The lowest BCUT2D eigenvalue weighted by Crippen LogP contribution is -2.07. The molecule has 0 aliphatic rings. The van der Waals surface area contributed by atoms with Gasteiger partial charge in [0.15, 0.2) is 0 Å². The van der Waals surface area contributed by atoms with Crippen LogP contribution in [0.5, 0.6) is 5.75 Å². The minimum absolute atomic E-state index is 0.606. The number of hydrogen-bond donors (Lipinski definition) is 1. The Balaban J connectivity index is 2.17. The summed E-state index contributed by atoms with van der Waals surface area (Å²) in [4.78, 5) is 0. The van der Waals surface area contributed by atoms with Crippen LogP contribution in [0.3, 0.4) is 0 Å². The smallest absolute Gasteiger partial charge is 0.125 e. The Morgan fingerprint density at radius 1 is 0.895 bits per heavy atom. The van der Waals surface area contributed by atoms with E-state index in [0.29, 0.717) is 13.2 Å². The molecule has 2 N–H and O–H groups in total. The molecule has 0 atom stereocenters. The van der Waals surface area contributed by atoms with Crippen LogP contribution in [0.1, 0.15) is 22.3 Å². The summed E-state index contributed by atoms with van der Waals surface area (Å²) in [5.41, 5.74) is 10.5. The first kappa shape index (κ1) is 13.6. The van der Waals surface area contributed by atoms with E-state index in [1.165, 1.54) is 22.3 Å². The van der Waals surface area contributed by atoms with Gasteiger partial charge in [-0.25, -0.2) is 0 Å². The normalized spacial score (nSPS) is 10.5. The molecule has 0 aliphatic carbocycles. The minimum Gasteiger partial charge on any atom is -0.488 e. The van der Waals surface area contributed by atoms with Crippen molar-refractivity contribution in [2.45, 2.75) is 26.9 Å². The van der Waals surface area contributed by atoms with Gasteiger partial charge in [-0.15, -0.1) is 0 Å². The van der Waals surface area contributed by atoms with E-state index in [0.717, 1.165) is 12.2 Å². The molecule has 0 aromatic heterocycles. The zero-order valence-corrected chi connectivity index (χ0v) is 11.6. The monoisotopic (exact) mass is 255 g/mol. The van der Waals surface area contributed by atoms with Crippen molar-refractivity contribution in [3.05, 3.63) is 64.7 Å². The maximum Gasteiger partial charge on any atom is 0.125 e. The van der Waals surface area contributed by atoms with E-state index in [-0.39, 0.29) is 0 Å². The SMILES string of the molecule is Cc1ccccc1COc1c(C)cccc1CCN. The molecule has 2 rings (SSSR count). The molecule has 0 fully saturated rings. The number of benzene rings is 2. The Hall–Kier alpha value is -1.80. The summed E-state index contributed by atoms with van der Waals surface area (Å²) in [6.07, 6.45) is 0.852. The quantitative estimate of drug-likeness (QED) is 0.889. The van der Waals surface area contributed by atoms with Gasteiger partial charge >= 0.3 is 0 Å². The molecule has 2 aromatic rings. The van der Waals surface area contributed by atoms with Crippen LogP contribution in [0.2, 0.25) is 0 Å².